The van der Waals surface area contributed by atoms with Gasteiger partial charge in [-0.1, -0.05) is 0 Å². The molecular formula is C13H7F4NO2. The first-order valence-corrected chi connectivity index (χ1v) is 5.36. The molecule has 1 aromatic heterocycles. The highest BCUT2D eigenvalue weighted by Gasteiger charge is 2.31. The summed E-state index contributed by atoms with van der Waals surface area (Å²) in [4.78, 5) is 15.7. The highest BCUT2D eigenvalue weighted by molar-refractivity contribution is 6.09. The predicted octanol–water partition coefficient (Wildman–Crippen LogP) is 3.35. The van der Waals surface area contributed by atoms with E-state index in [1.165, 1.54) is 24.5 Å². The lowest BCUT2D eigenvalue weighted by Gasteiger charge is -2.10. The fraction of sp³-hybridized carbons (Fsp3) is 0.0769. The van der Waals surface area contributed by atoms with Gasteiger partial charge in [-0.3, -0.25) is 9.78 Å². The van der Waals surface area contributed by atoms with Gasteiger partial charge in [0, 0.05) is 29.6 Å². The molecule has 7 heteroatoms. The number of alkyl halides is 3. The molecule has 0 fully saturated rings. The van der Waals surface area contributed by atoms with Gasteiger partial charge in [-0.25, -0.2) is 4.39 Å². The van der Waals surface area contributed by atoms with Crippen LogP contribution in [0.5, 0.6) is 5.75 Å². The zero-order chi connectivity index (χ0) is 14.8. The first-order chi connectivity index (χ1) is 9.35. The Morgan fingerprint density at radius 3 is 2.30 bits per heavy atom. The van der Waals surface area contributed by atoms with Crippen molar-refractivity contribution < 1.29 is 27.1 Å². The highest BCUT2D eigenvalue weighted by Crippen LogP contribution is 2.25. The molecule has 0 aliphatic carbocycles. The molecule has 2 aromatic rings. The summed E-state index contributed by atoms with van der Waals surface area (Å²) in [6.45, 7) is 0. The van der Waals surface area contributed by atoms with Gasteiger partial charge in [0.1, 0.15) is 11.6 Å². The zero-order valence-corrected chi connectivity index (χ0v) is 9.82. The predicted molar refractivity (Wildman–Crippen MR) is 60.8 cm³/mol. The fourth-order valence-corrected chi connectivity index (χ4v) is 1.56. The van der Waals surface area contributed by atoms with Crippen LogP contribution in [0, 0.1) is 5.82 Å². The molecule has 104 valence electrons. The Hall–Kier alpha value is -2.44. The van der Waals surface area contributed by atoms with Gasteiger partial charge in [0.25, 0.3) is 0 Å². The second-order valence-electron chi connectivity index (χ2n) is 3.79. The van der Waals surface area contributed by atoms with Crippen LogP contribution in [0.25, 0.3) is 0 Å². The van der Waals surface area contributed by atoms with Gasteiger partial charge < -0.3 is 4.74 Å². The minimum atomic E-state index is -4.95. The molecule has 0 saturated carbocycles. The van der Waals surface area contributed by atoms with Crippen LogP contribution in [0.1, 0.15) is 15.9 Å². The van der Waals surface area contributed by atoms with E-state index in [1.54, 1.807) is 0 Å². The number of hydrogen-bond acceptors (Lipinski definition) is 3. The number of ether oxygens (including phenoxy) is 1. The first-order valence-electron chi connectivity index (χ1n) is 5.36. The number of benzene rings is 1. The number of aromatic nitrogens is 1. The maximum Gasteiger partial charge on any atom is 0.573 e. The molecule has 2 rings (SSSR count). The molecule has 0 bridgehead atoms. The van der Waals surface area contributed by atoms with Gasteiger partial charge in [0.15, 0.2) is 5.78 Å². The van der Waals surface area contributed by atoms with Crippen LogP contribution in [-0.4, -0.2) is 17.1 Å². The summed E-state index contributed by atoms with van der Waals surface area (Å²) in [5.74, 6) is -2.40. The highest BCUT2D eigenvalue weighted by atomic mass is 19.4. The number of carbonyl (C=O) groups excluding carboxylic acids is 1. The van der Waals surface area contributed by atoms with Crippen molar-refractivity contribution in [2.75, 3.05) is 0 Å². The van der Waals surface area contributed by atoms with Crippen molar-refractivity contribution in [1.29, 1.82) is 0 Å². The molecule has 0 spiro atoms. The van der Waals surface area contributed by atoms with Crippen LogP contribution in [0.4, 0.5) is 17.6 Å². The maximum absolute atomic E-state index is 13.3. The fourth-order valence-electron chi connectivity index (χ4n) is 1.56. The van der Waals surface area contributed by atoms with E-state index in [0.717, 1.165) is 12.1 Å². The number of nitrogens with zero attached hydrogens (tertiary/aromatic N) is 1. The summed E-state index contributed by atoms with van der Waals surface area (Å²) < 4.78 is 53.1. The average molecular weight is 285 g/mol. The number of ketones is 1. The minimum Gasteiger partial charge on any atom is -0.406 e. The van der Waals surface area contributed by atoms with Crippen LogP contribution in [0.2, 0.25) is 0 Å². The van der Waals surface area contributed by atoms with Crippen molar-refractivity contribution in [2.45, 2.75) is 6.36 Å². The van der Waals surface area contributed by atoms with Crippen molar-refractivity contribution in [3.63, 3.8) is 0 Å². The van der Waals surface area contributed by atoms with E-state index in [1.807, 2.05) is 0 Å². The molecule has 1 aromatic carbocycles. The van der Waals surface area contributed by atoms with E-state index < -0.39 is 23.7 Å². The van der Waals surface area contributed by atoms with E-state index in [9.17, 15) is 22.4 Å². The largest absolute Gasteiger partial charge is 0.573 e. The van der Waals surface area contributed by atoms with Crippen LogP contribution >= 0.6 is 0 Å². The molecule has 0 aliphatic rings. The zero-order valence-electron chi connectivity index (χ0n) is 9.82. The quantitative estimate of drug-likeness (QED) is 0.641. The van der Waals surface area contributed by atoms with Crippen molar-refractivity contribution in [2.24, 2.45) is 0 Å². The molecule has 1 heterocycles. The Kier molecular flexibility index (Phi) is 3.69. The molecule has 20 heavy (non-hydrogen) atoms. The maximum atomic E-state index is 13.3. The Bertz CT molecular complexity index is 626. The normalized spacial score (nSPS) is 11.2. The van der Waals surface area contributed by atoms with E-state index in [4.69, 9.17) is 0 Å². The number of hydrogen-bond donors (Lipinski definition) is 0. The molecule has 0 unspecified atom stereocenters. The smallest absolute Gasteiger partial charge is 0.406 e. The Morgan fingerprint density at radius 1 is 1.05 bits per heavy atom. The average Bonchev–Trinajstić information content (AvgIpc) is 2.36. The van der Waals surface area contributed by atoms with Gasteiger partial charge in [-0.05, 0) is 24.3 Å². The second-order valence-corrected chi connectivity index (χ2v) is 3.79. The topological polar surface area (TPSA) is 39.2 Å². The van der Waals surface area contributed by atoms with Crippen molar-refractivity contribution >= 4 is 5.78 Å². The number of carbonyl (C=O) groups is 1. The molecule has 3 nitrogen and oxygen atoms in total. The van der Waals surface area contributed by atoms with Crippen molar-refractivity contribution in [3.05, 3.63) is 59.7 Å². The molecule has 0 N–H and O–H groups in total. The number of pyridine rings is 1. The van der Waals surface area contributed by atoms with Gasteiger partial charge in [0.05, 0.1) is 0 Å². The SMILES string of the molecule is O=C(c1ccncc1)c1cc(F)cc(OC(F)(F)F)c1. The third kappa shape index (κ3) is 3.53. The second kappa shape index (κ2) is 5.28. The van der Waals surface area contributed by atoms with Crippen LogP contribution in [0.3, 0.4) is 0 Å². The van der Waals surface area contributed by atoms with Gasteiger partial charge in [0.2, 0.25) is 0 Å². The minimum absolute atomic E-state index is 0.184. The van der Waals surface area contributed by atoms with E-state index in [-0.39, 0.29) is 11.1 Å². The Balaban J connectivity index is 2.35. The number of halogens is 4. The van der Waals surface area contributed by atoms with Gasteiger partial charge in [-0.2, -0.15) is 0 Å². The number of rotatable bonds is 3. The summed E-state index contributed by atoms with van der Waals surface area (Å²) in [6.07, 6.45) is -2.26. The summed E-state index contributed by atoms with van der Waals surface area (Å²) >= 11 is 0. The summed E-state index contributed by atoms with van der Waals surface area (Å²) in [5.41, 5.74) is -0.0565. The third-order valence-corrected chi connectivity index (χ3v) is 2.31. The molecule has 0 radical (unpaired) electrons. The lowest BCUT2D eigenvalue weighted by Crippen LogP contribution is -2.17. The standard InChI is InChI=1S/C13H7F4NO2/c14-10-5-9(6-11(7-10)20-13(15,16)17)12(19)8-1-3-18-4-2-8/h1-7H. The van der Waals surface area contributed by atoms with E-state index >= 15 is 0 Å². The van der Waals surface area contributed by atoms with Gasteiger partial charge >= 0.3 is 6.36 Å². The Morgan fingerprint density at radius 2 is 1.70 bits per heavy atom. The van der Waals surface area contributed by atoms with E-state index in [2.05, 4.69) is 9.72 Å². The summed E-state index contributed by atoms with van der Waals surface area (Å²) in [5, 5.41) is 0. The molecule has 0 saturated heterocycles. The monoisotopic (exact) mass is 285 g/mol. The van der Waals surface area contributed by atoms with Crippen LogP contribution < -0.4 is 4.74 Å². The van der Waals surface area contributed by atoms with Crippen LogP contribution in [-0.2, 0) is 0 Å². The lowest BCUT2D eigenvalue weighted by atomic mass is 10.0. The lowest BCUT2D eigenvalue weighted by molar-refractivity contribution is -0.274. The molecule has 0 atom stereocenters. The molecule has 0 aliphatic heterocycles. The molecule has 0 amide bonds. The van der Waals surface area contributed by atoms with Gasteiger partial charge in [-0.15, -0.1) is 13.2 Å². The van der Waals surface area contributed by atoms with E-state index in [0.29, 0.717) is 6.07 Å². The third-order valence-electron chi connectivity index (χ3n) is 2.31. The van der Waals surface area contributed by atoms with Crippen molar-refractivity contribution in [1.82, 2.24) is 4.98 Å². The van der Waals surface area contributed by atoms with Crippen molar-refractivity contribution in [3.8, 4) is 5.75 Å². The Labute approximate surface area is 110 Å². The summed E-state index contributed by atoms with van der Waals surface area (Å²) in [7, 11) is 0. The first kappa shape index (κ1) is 14.0. The van der Waals surface area contributed by atoms with Crippen LogP contribution in [0.15, 0.2) is 42.7 Å². The molecular weight excluding hydrogens is 278 g/mol. The summed E-state index contributed by atoms with van der Waals surface area (Å²) in [6, 6.07) is 4.97.